The van der Waals surface area contributed by atoms with Crippen LogP contribution in [0.5, 0.6) is 0 Å². The van der Waals surface area contributed by atoms with E-state index in [9.17, 15) is 4.79 Å². The molecule has 0 spiro atoms. The van der Waals surface area contributed by atoms with Crippen LogP contribution < -0.4 is 10.9 Å². The molecule has 6 heteroatoms. The lowest BCUT2D eigenvalue weighted by atomic mass is 10.1. The van der Waals surface area contributed by atoms with Crippen molar-refractivity contribution in [2.24, 2.45) is 0 Å². The zero-order valence-electron chi connectivity index (χ0n) is 16.2. The van der Waals surface area contributed by atoms with Gasteiger partial charge in [0.05, 0.1) is 0 Å². The standard InChI is InChI=1S/C21H31N5O/c1-2-25(14-13-24-10-5-6-11-24)21(27)19-15-18(22-23-19)16-26-12-9-17-7-3-4-8-20(17)26/h3-4,7-9,12,18-19,22-23H,2,5-6,10-11,13-16H2,1H3. The highest BCUT2D eigenvalue weighted by atomic mass is 16.2. The van der Waals surface area contributed by atoms with Crippen LogP contribution in [0.2, 0.25) is 0 Å². The first-order chi connectivity index (χ1) is 13.2. The van der Waals surface area contributed by atoms with Gasteiger partial charge in [-0.25, -0.2) is 5.43 Å². The Morgan fingerprint density at radius 3 is 2.81 bits per heavy atom. The molecule has 2 saturated heterocycles. The van der Waals surface area contributed by atoms with Crippen LogP contribution in [-0.4, -0.2) is 65.1 Å². The molecular formula is C21H31N5O. The van der Waals surface area contributed by atoms with Gasteiger partial charge in [0.25, 0.3) is 0 Å². The van der Waals surface area contributed by atoms with Crippen LogP contribution >= 0.6 is 0 Å². The number of benzene rings is 1. The Morgan fingerprint density at radius 2 is 2.00 bits per heavy atom. The monoisotopic (exact) mass is 369 g/mol. The first-order valence-electron chi connectivity index (χ1n) is 10.3. The molecule has 0 bridgehead atoms. The van der Waals surface area contributed by atoms with Gasteiger partial charge < -0.3 is 14.4 Å². The number of likely N-dealkylation sites (N-methyl/N-ethyl adjacent to an activating group) is 1. The number of hydrogen-bond donors (Lipinski definition) is 2. The smallest absolute Gasteiger partial charge is 0.241 e. The minimum absolute atomic E-state index is 0.129. The number of fused-ring (bicyclic) bond motifs is 1. The van der Waals surface area contributed by atoms with Crippen molar-refractivity contribution in [1.29, 1.82) is 0 Å². The SMILES string of the molecule is CCN(CCN1CCCC1)C(=O)C1CC(Cn2ccc3ccccc32)NN1. The highest BCUT2D eigenvalue weighted by molar-refractivity contribution is 5.82. The van der Waals surface area contributed by atoms with Gasteiger partial charge >= 0.3 is 0 Å². The van der Waals surface area contributed by atoms with E-state index in [2.05, 4.69) is 63.8 Å². The molecule has 2 N–H and O–H groups in total. The molecule has 6 nitrogen and oxygen atoms in total. The maximum Gasteiger partial charge on any atom is 0.241 e. The van der Waals surface area contributed by atoms with Crippen LogP contribution in [-0.2, 0) is 11.3 Å². The lowest BCUT2D eigenvalue weighted by Crippen LogP contribution is -2.47. The maximum atomic E-state index is 12.9. The summed E-state index contributed by atoms with van der Waals surface area (Å²) < 4.78 is 2.27. The number of likely N-dealkylation sites (tertiary alicyclic amines) is 1. The molecule has 1 aromatic carbocycles. The second kappa shape index (κ2) is 8.42. The van der Waals surface area contributed by atoms with Crippen LogP contribution in [0.25, 0.3) is 10.9 Å². The van der Waals surface area contributed by atoms with E-state index in [0.717, 1.165) is 32.6 Å². The molecule has 27 heavy (non-hydrogen) atoms. The lowest BCUT2D eigenvalue weighted by molar-refractivity contribution is -0.133. The minimum Gasteiger partial charge on any atom is -0.346 e. The number of amides is 1. The number of para-hydroxylation sites is 1. The van der Waals surface area contributed by atoms with Gasteiger partial charge in [-0.2, -0.15) is 0 Å². The second-order valence-corrected chi connectivity index (χ2v) is 7.77. The number of nitrogens with one attached hydrogen (secondary N) is 2. The Kier molecular flexibility index (Phi) is 5.76. The van der Waals surface area contributed by atoms with Crippen molar-refractivity contribution in [1.82, 2.24) is 25.2 Å². The molecule has 2 aliphatic heterocycles. The molecule has 0 radical (unpaired) electrons. The van der Waals surface area contributed by atoms with Gasteiger partial charge in [0.1, 0.15) is 6.04 Å². The molecule has 0 aliphatic carbocycles. The zero-order chi connectivity index (χ0) is 18.6. The average molecular weight is 370 g/mol. The summed E-state index contributed by atoms with van der Waals surface area (Å²) in [7, 11) is 0. The molecule has 2 aliphatic rings. The Balaban J connectivity index is 1.31. The van der Waals surface area contributed by atoms with Crippen molar-refractivity contribution in [3.05, 3.63) is 36.5 Å². The van der Waals surface area contributed by atoms with Gasteiger partial charge in [0.2, 0.25) is 5.91 Å². The number of aromatic nitrogens is 1. The summed E-state index contributed by atoms with van der Waals surface area (Å²) in [5.74, 6) is 0.226. The molecular weight excluding hydrogens is 338 g/mol. The van der Waals surface area contributed by atoms with Crippen molar-refractivity contribution in [3.63, 3.8) is 0 Å². The van der Waals surface area contributed by atoms with Crippen molar-refractivity contribution in [2.45, 2.75) is 44.8 Å². The molecule has 2 fully saturated rings. The quantitative estimate of drug-likeness (QED) is 0.782. The van der Waals surface area contributed by atoms with E-state index < -0.39 is 0 Å². The fraction of sp³-hybridized carbons (Fsp3) is 0.571. The molecule has 2 aromatic rings. The van der Waals surface area contributed by atoms with Crippen LogP contribution in [0, 0.1) is 0 Å². The molecule has 3 heterocycles. The van der Waals surface area contributed by atoms with Crippen LogP contribution in [0.3, 0.4) is 0 Å². The lowest BCUT2D eigenvalue weighted by Gasteiger charge is -2.26. The maximum absolute atomic E-state index is 12.9. The molecule has 0 saturated carbocycles. The van der Waals surface area contributed by atoms with Gasteiger partial charge in [0.15, 0.2) is 0 Å². The van der Waals surface area contributed by atoms with E-state index >= 15 is 0 Å². The van der Waals surface area contributed by atoms with Crippen molar-refractivity contribution in [2.75, 3.05) is 32.7 Å². The van der Waals surface area contributed by atoms with E-state index in [4.69, 9.17) is 0 Å². The predicted octanol–water partition coefficient (Wildman–Crippen LogP) is 1.82. The van der Waals surface area contributed by atoms with Gasteiger partial charge in [-0.1, -0.05) is 18.2 Å². The number of nitrogens with zero attached hydrogens (tertiary/aromatic N) is 3. The molecule has 1 amide bonds. The topological polar surface area (TPSA) is 52.5 Å². The van der Waals surface area contributed by atoms with Gasteiger partial charge in [-0.3, -0.25) is 10.2 Å². The largest absolute Gasteiger partial charge is 0.346 e. The summed E-state index contributed by atoms with van der Waals surface area (Å²) in [5.41, 5.74) is 7.82. The van der Waals surface area contributed by atoms with Crippen LogP contribution in [0.4, 0.5) is 0 Å². The Hall–Kier alpha value is -1.89. The van der Waals surface area contributed by atoms with Crippen molar-refractivity contribution in [3.8, 4) is 0 Å². The molecule has 2 atom stereocenters. The Labute approximate surface area is 161 Å². The average Bonchev–Trinajstić information content (AvgIpc) is 3.44. The summed E-state index contributed by atoms with van der Waals surface area (Å²) in [6.45, 7) is 7.92. The van der Waals surface area contributed by atoms with Crippen LogP contribution in [0.1, 0.15) is 26.2 Å². The number of hydrazine groups is 1. The summed E-state index contributed by atoms with van der Waals surface area (Å²) in [5, 5.41) is 1.26. The fourth-order valence-electron chi connectivity index (χ4n) is 4.35. The molecule has 2 unspecified atom stereocenters. The van der Waals surface area contributed by atoms with E-state index in [1.165, 1.54) is 36.8 Å². The summed E-state index contributed by atoms with van der Waals surface area (Å²) in [4.78, 5) is 17.4. The van der Waals surface area contributed by atoms with E-state index in [-0.39, 0.29) is 18.0 Å². The first kappa shape index (κ1) is 18.5. The Bertz CT molecular complexity index is 767. The number of hydrogen-bond acceptors (Lipinski definition) is 4. The van der Waals surface area contributed by atoms with Gasteiger partial charge in [-0.15, -0.1) is 0 Å². The molecule has 146 valence electrons. The third-order valence-corrected chi connectivity index (χ3v) is 5.96. The number of carbonyl (C=O) groups excluding carboxylic acids is 1. The van der Waals surface area contributed by atoms with Crippen molar-refractivity contribution >= 4 is 16.8 Å². The third-order valence-electron chi connectivity index (χ3n) is 5.96. The second-order valence-electron chi connectivity index (χ2n) is 7.77. The fourth-order valence-corrected chi connectivity index (χ4v) is 4.35. The van der Waals surface area contributed by atoms with Crippen molar-refractivity contribution < 1.29 is 4.79 Å². The third kappa shape index (κ3) is 4.18. The summed E-state index contributed by atoms with van der Waals surface area (Å²) in [6.07, 6.45) is 5.55. The zero-order valence-corrected chi connectivity index (χ0v) is 16.2. The van der Waals surface area contributed by atoms with Gasteiger partial charge in [-0.05, 0) is 56.8 Å². The highest BCUT2D eigenvalue weighted by Gasteiger charge is 2.32. The number of rotatable bonds is 7. The predicted molar refractivity (Wildman–Crippen MR) is 108 cm³/mol. The summed E-state index contributed by atoms with van der Waals surface area (Å²) in [6, 6.07) is 10.7. The van der Waals surface area contributed by atoms with Gasteiger partial charge in [0, 0.05) is 43.9 Å². The number of carbonyl (C=O) groups is 1. The Morgan fingerprint density at radius 1 is 1.19 bits per heavy atom. The van der Waals surface area contributed by atoms with E-state index in [0.29, 0.717) is 0 Å². The van der Waals surface area contributed by atoms with E-state index in [1.54, 1.807) is 0 Å². The highest BCUT2D eigenvalue weighted by Crippen LogP contribution is 2.18. The van der Waals surface area contributed by atoms with Crippen LogP contribution in [0.15, 0.2) is 36.5 Å². The minimum atomic E-state index is -0.129. The molecule has 4 rings (SSSR count). The normalized spacial score (nSPS) is 23.3. The summed E-state index contributed by atoms with van der Waals surface area (Å²) >= 11 is 0. The molecule has 1 aromatic heterocycles. The first-order valence-corrected chi connectivity index (χ1v) is 10.3. The van der Waals surface area contributed by atoms with E-state index in [1.807, 2.05) is 4.90 Å².